The quantitative estimate of drug-likeness (QED) is 0.380. The molecule has 0 bridgehead atoms. The van der Waals surface area contributed by atoms with E-state index in [0.717, 1.165) is 51.0 Å². The number of rotatable bonds is 7. The number of hydrogen-bond donors (Lipinski definition) is 1. The maximum atomic E-state index is 12.1. The summed E-state index contributed by atoms with van der Waals surface area (Å²) in [4.78, 5) is 14.7. The highest BCUT2D eigenvalue weighted by Crippen LogP contribution is 2.35. The molecule has 0 radical (unpaired) electrons. The summed E-state index contributed by atoms with van der Waals surface area (Å²) in [7, 11) is 0. The molecular formula is C32H39N3O. The molecule has 188 valence electrons. The van der Waals surface area contributed by atoms with Gasteiger partial charge in [0.1, 0.15) is 0 Å². The van der Waals surface area contributed by atoms with E-state index >= 15 is 0 Å². The van der Waals surface area contributed by atoms with Crippen molar-refractivity contribution in [3.63, 3.8) is 0 Å². The van der Waals surface area contributed by atoms with E-state index in [9.17, 15) is 4.79 Å². The maximum absolute atomic E-state index is 12.1. The monoisotopic (exact) mass is 481 g/mol. The Kier molecular flexibility index (Phi) is 7.43. The Morgan fingerprint density at radius 3 is 2.67 bits per heavy atom. The van der Waals surface area contributed by atoms with Crippen LogP contribution in [0.3, 0.4) is 0 Å². The third kappa shape index (κ3) is 5.19. The van der Waals surface area contributed by atoms with Gasteiger partial charge in [0.05, 0.1) is 6.04 Å². The number of amides is 1. The molecule has 5 rings (SSSR count). The van der Waals surface area contributed by atoms with Crippen LogP contribution in [0.25, 0.3) is 10.9 Å². The van der Waals surface area contributed by atoms with Gasteiger partial charge in [-0.25, -0.2) is 0 Å². The minimum atomic E-state index is -0.0120. The first kappa shape index (κ1) is 24.6. The number of anilines is 1. The first-order chi connectivity index (χ1) is 17.5. The predicted octanol–water partition coefficient (Wildman–Crippen LogP) is 7.45. The highest BCUT2D eigenvalue weighted by molar-refractivity contribution is 5.92. The van der Waals surface area contributed by atoms with E-state index in [4.69, 9.17) is 0 Å². The number of nitrogens with one attached hydrogen (secondary N) is 1. The maximum Gasteiger partial charge on any atom is 0.226 e. The van der Waals surface area contributed by atoms with Crippen molar-refractivity contribution in [3.05, 3.63) is 89.7 Å². The van der Waals surface area contributed by atoms with Crippen molar-refractivity contribution in [1.82, 2.24) is 9.47 Å². The Morgan fingerprint density at radius 1 is 1.08 bits per heavy atom. The lowest BCUT2D eigenvalue weighted by Crippen LogP contribution is -2.32. The number of carbonyl (C=O) groups is 1. The number of carbonyl (C=O) groups excluding carboxylic acids is 1. The Bertz CT molecular complexity index is 1270. The van der Waals surface area contributed by atoms with Crippen LogP contribution in [0.1, 0.15) is 69.5 Å². The molecule has 4 heteroatoms. The van der Waals surface area contributed by atoms with Gasteiger partial charge in [0.15, 0.2) is 0 Å². The van der Waals surface area contributed by atoms with Gasteiger partial charge in [0, 0.05) is 35.2 Å². The van der Waals surface area contributed by atoms with E-state index in [2.05, 4.69) is 88.6 Å². The van der Waals surface area contributed by atoms with Crippen LogP contribution in [-0.4, -0.2) is 28.5 Å². The molecule has 1 aliphatic carbocycles. The summed E-state index contributed by atoms with van der Waals surface area (Å²) in [5.41, 5.74) is 6.56. The molecule has 1 amide bonds. The number of allylic oxidation sites excluding steroid dienone is 4. The molecule has 2 aromatic carbocycles. The molecule has 1 unspecified atom stereocenters. The van der Waals surface area contributed by atoms with Gasteiger partial charge < -0.3 is 9.88 Å². The van der Waals surface area contributed by atoms with Crippen molar-refractivity contribution >= 4 is 22.5 Å². The third-order valence-corrected chi connectivity index (χ3v) is 7.93. The number of para-hydroxylation sites is 1. The Hall–Kier alpha value is -3.11. The van der Waals surface area contributed by atoms with Crippen molar-refractivity contribution in [3.8, 4) is 0 Å². The Balaban J connectivity index is 1.28. The zero-order chi connectivity index (χ0) is 25.1. The molecule has 2 aliphatic rings. The van der Waals surface area contributed by atoms with E-state index in [1.165, 1.54) is 27.6 Å². The number of piperidine rings is 1. The molecule has 36 heavy (non-hydrogen) atoms. The Labute approximate surface area is 215 Å². The first-order valence-corrected chi connectivity index (χ1v) is 13.6. The highest BCUT2D eigenvalue weighted by Gasteiger charge is 2.24. The van der Waals surface area contributed by atoms with Gasteiger partial charge in [-0.15, -0.1) is 0 Å². The molecule has 1 saturated heterocycles. The van der Waals surface area contributed by atoms with E-state index < -0.39 is 0 Å². The average Bonchev–Trinajstić information content (AvgIpc) is 3.27. The predicted molar refractivity (Wildman–Crippen MR) is 150 cm³/mol. The second-order valence-electron chi connectivity index (χ2n) is 10.7. The first-order valence-electron chi connectivity index (χ1n) is 13.6. The molecule has 4 nitrogen and oxygen atoms in total. The molecule has 0 saturated carbocycles. The fourth-order valence-electron chi connectivity index (χ4n) is 5.79. The topological polar surface area (TPSA) is 37.3 Å². The molecule has 2 heterocycles. The number of hydrogen-bond acceptors (Lipinski definition) is 2. The van der Waals surface area contributed by atoms with Crippen molar-refractivity contribution in [2.45, 2.75) is 65.0 Å². The molecule has 1 N–H and O–H groups in total. The zero-order valence-electron chi connectivity index (χ0n) is 21.9. The van der Waals surface area contributed by atoms with Gasteiger partial charge in [-0.05, 0) is 79.6 Å². The van der Waals surface area contributed by atoms with Crippen LogP contribution < -0.4 is 5.32 Å². The lowest BCUT2D eigenvalue weighted by atomic mass is 9.89. The molecular weight excluding hydrogens is 442 g/mol. The van der Waals surface area contributed by atoms with Crippen molar-refractivity contribution < 1.29 is 4.79 Å². The molecule has 1 aliphatic heterocycles. The van der Waals surface area contributed by atoms with E-state index in [1.807, 2.05) is 19.9 Å². The van der Waals surface area contributed by atoms with Gasteiger partial charge in [0.2, 0.25) is 5.91 Å². The lowest BCUT2D eigenvalue weighted by Gasteiger charge is -2.32. The summed E-state index contributed by atoms with van der Waals surface area (Å²) in [5.74, 6) is 0.610. The molecule has 0 spiro atoms. The number of aromatic nitrogens is 1. The fraction of sp³-hybridized carbons (Fsp3) is 0.406. The van der Waals surface area contributed by atoms with Crippen LogP contribution in [0, 0.1) is 5.92 Å². The summed E-state index contributed by atoms with van der Waals surface area (Å²) < 4.78 is 2.52. The van der Waals surface area contributed by atoms with E-state index in [0.29, 0.717) is 12.0 Å². The van der Waals surface area contributed by atoms with Crippen molar-refractivity contribution in [1.29, 1.82) is 0 Å². The van der Waals surface area contributed by atoms with Crippen LogP contribution in [0.2, 0.25) is 0 Å². The molecule has 1 atom stereocenters. The summed E-state index contributed by atoms with van der Waals surface area (Å²) in [5, 5.41) is 4.44. The fourth-order valence-corrected chi connectivity index (χ4v) is 5.79. The molecule has 3 aromatic rings. The number of nitrogens with zero attached hydrogens (tertiary/aromatic N) is 2. The second kappa shape index (κ2) is 10.9. The summed E-state index contributed by atoms with van der Waals surface area (Å²) in [6, 6.07) is 17.8. The van der Waals surface area contributed by atoms with Crippen LogP contribution >= 0.6 is 0 Å². The SMILES string of the molecule is CCC1=CC=CCC1n1cc(CN2CCC(c3cccc(NC(=O)C(C)C)c3)CC2)c2ccccc21. The smallest absolute Gasteiger partial charge is 0.226 e. The van der Waals surface area contributed by atoms with E-state index in [1.54, 1.807) is 0 Å². The summed E-state index contributed by atoms with van der Waals surface area (Å²) >= 11 is 0. The summed E-state index contributed by atoms with van der Waals surface area (Å²) in [6.45, 7) is 9.31. The largest absolute Gasteiger partial charge is 0.340 e. The third-order valence-electron chi connectivity index (χ3n) is 7.93. The normalized spacial score (nSPS) is 19.1. The van der Waals surface area contributed by atoms with Gasteiger partial charge in [-0.2, -0.15) is 0 Å². The van der Waals surface area contributed by atoms with Crippen molar-refractivity contribution in [2.24, 2.45) is 5.92 Å². The van der Waals surface area contributed by atoms with Crippen LogP contribution in [0.4, 0.5) is 5.69 Å². The zero-order valence-corrected chi connectivity index (χ0v) is 21.9. The molecule has 1 fully saturated rings. The number of fused-ring (bicyclic) bond motifs is 1. The van der Waals surface area contributed by atoms with Crippen LogP contribution in [0.5, 0.6) is 0 Å². The van der Waals surface area contributed by atoms with Gasteiger partial charge >= 0.3 is 0 Å². The standard InChI is InChI=1S/C32H39N3O/c1-4-24-10-5-7-14-30(24)35-22-27(29-13-6-8-15-31(29)35)21-34-18-16-25(17-19-34)26-11-9-12-28(20-26)33-32(36)23(2)3/h5-13,15,20,22-23,25,30H,4,14,16-19,21H2,1-3H3,(H,33,36). The average molecular weight is 482 g/mol. The van der Waals surface area contributed by atoms with E-state index in [-0.39, 0.29) is 11.8 Å². The highest BCUT2D eigenvalue weighted by atomic mass is 16.1. The second-order valence-corrected chi connectivity index (χ2v) is 10.7. The number of benzene rings is 2. The van der Waals surface area contributed by atoms with Gasteiger partial charge in [-0.3, -0.25) is 9.69 Å². The Morgan fingerprint density at radius 2 is 1.89 bits per heavy atom. The number of likely N-dealkylation sites (tertiary alicyclic amines) is 1. The summed E-state index contributed by atoms with van der Waals surface area (Å²) in [6.07, 6.45) is 13.7. The van der Waals surface area contributed by atoms with Crippen molar-refractivity contribution in [2.75, 3.05) is 18.4 Å². The minimum Gasteiger partial charge on any atom is -0.340 e. The lowest BCUT2D eigenvalue weighted by molar-refractivity contribution is -0.118. The molecule has 1 aromatic heterocycles. The minimum absolute atomic E-state index is 0.0120. The van der Waals surface area contributed by atoms with Gasteiger partial charge in [-0.1, -0.05) is 69.3 Å². The van der Waals surface area contributed by atoms with Gasteiger partial charge in [0.25, 0.3) is 0 Å². The van der Waals surface area contributed by atoms with Crippen LogP contribution in [0.15, 0.2) is 78.5 Å². The van der Waals surface area contributed by atoms with Crippen LogP contribution in [-0.2, 0) is 11.3 Å².